The van der Waals surface area contributed by atoms with E-state index in [-0.39, 0.29) is 6.29 Å². The van der Waals surface area contributed by atoms with Gasteiger partial charge in [0, 0.05) is 38.3 Å². The van der Waals surface area contributed by atoms with Crippen LogP contribution in [0.1, 0.15) is 51.9 Å². The molecule has 0 radical (unpaired) electrons. The normalized spacial score (nSPS) is 10.8. The molecule has 5 nitrogen and oxygen atoms in total. The maximum atomic E-state index is 10.1. The number of methoxy groups -OCH3 is 2. The summed E-state index contributed by atoms with van der Waals surface area (Å²) in [5.41, 5.74) is 5.30. The molecule has 0 aliphatic carbocycles. The highest BCUT2D eigenvalue weighted by Gasteiger charge is 2.02. The quantitative estimate of drug-likeness (QED) is 0.283. The van der Waals surface area contributed by atoms with E-state index in [1.54, 1.807) is 32.1 Å². The number of carbonyl (C=O) groups is 1. The fraction of sp³-hybridized carbons (Fsp3) is 0.824. The molecule has 0 fully saturated rings. The number of nitrogens with two attached hydrogens (primary N) is 1. The molecule has 0 aromatic heterocycles. The van der Waals surface area contributed by atoms with Gasteiger partial charge in [0.05, 0.1) is 0 Å². The smallest absolute Gasteiger partial charge is 0.327 e. The molecule has 0 saturated carbocycles. The Morgan fingerprint density at radius 2 is 1.78 bits per heavy atom. The maximum Gasteiger partial charge on any atom is 0.327 e. The minimum atomic E-state index is -0.842. The van der Waals surface area contributed by atoms with Crippen molar-refractivity contribution in [2.24, 2.45) is 5.73 Å². The van der Waals surface area contributed by atoms with Gasteiger partial charge in [-0.25, -0.2) is 4.79 Å². The largest absolute Gasteiger partial charge is 0.478 e. The Morgan fingerprint density at radius 1 is 1.17 bits per heavy atom. The van der Waals surface area contributed by atoms with Crippen molar-refractivity contribution in [3.8, 4) is 0 Å². The number of carboxylic acids is 1. The monoisotopic (exact) mass is 349 g/mol. The van der Waals surface area contributed by atoms with Gasteiger partial charge in [0.1, 0.15) is 0 Å². The number of ether oxygens (including phenoxy) is 2. The molecule has 0 rings (SSSR count). The van der Waals surface area contributed by atoms with Crippen LogP contribution >= 0.6 is 11.8 Å². The fourth-order valence-corrected chi connectivity index (χ4v) is 2.52. The maximum absolute atomic E-state index is 10.1. The molecule has 0 spiro atoms. The van der Waals surface area contributed by atoms with Gasteiger partial charge in [-0.15, -0.1) is 0 Å². The second-order valence-electron chi connectivity index (χ2n) is 5.06. The van der Waals surface area contributed by atoms with Crippen molar-refractivity contribution in [3.63, 3.8) is 0 Å². The van der Waals surface area contributed by atoms with Gasteiger partial charge in [-0.2, -0.15) is 11.8 Å². The van der Waals surface area contributed by atoms with Gasteiger partial charge in [-0.3, -0.25) is 0 Å². The molecule has 0 aliphatic heterocycles. The summed E-state index contributed by atoms with van der Waals surface area (Å²) >= 11 is 1.74. The Hall–Kier alpha value is -0.560. The standard InChI is InChI=1S/C11H20O2.C6H15NO2S/c1-2-3-4-5-6-7-8-9-10-11(12)13;1-8-6(9-2)5-10-4-3-7/h9-10H,2-8H2,1H3,(H,12,13);6H,3-5,7H2,1-2H3. The second-order valence-corrected chi connectivity index (χ2v) is 6.21. The zero-order valence-corrected chi connectivity index (χ0v) is 15.8. The Kier molecular flexibility index (Phi) is 23.0. The van der Waals surface area contributed by atoms with Crippen molar-refractivity contribution in [1.82, 2.24) is 0 Å². The molecule has 0 bridgehead atoms. The molecule has 0 aromatic carbocycles. The van der Waals surface area contributed by atoms with E-state index in [1.807, 2.05) is 0 Å². The number of allylic oxidation sites excluding steroid dienone is 1. The van der Waals surface area contributed by atoms with Gasteiger partial charge in [0.15, 0.2) is 6.29 Å². The van der Waals surface area contributed by atoms with Crippen molar-refractivity contribution in [2.75, 3.05) is 32.3 Å². The van der Waals surface area contributed by atoms with Crippen LogP contribution in [0.3, 0.4) is 0 Å². The molecule has 0 atom stereocenters. The van der Waals surface area contributed by atoms with E-state index in [0.717, 1.165) is 24.3 Å². The van der Waals surface area contributed by atoms with Gasteiger partial charge in [0.2, 0.25) is 0 Å². The first-order valence-corrected chi connectivity index (χ1v) is 9.50. The molecule has 0 aromatic rings. The van der Waals surface area contributed by atoms with Crippen LogP contribution < -0.4 is 5.73 Å². The lowest BCUT2D eigenvalue weighted by Gasteiger charge is -2.11. The predicted molar refractivity (Wildman–Crippen MR) is 99.0 cm³/mol. The van der Waals surface area contributed by atoms with Gasteiger partial charge < -0.3 is 20.3 Å². The predicted octanol–water partition coefficient (Wildman–Crippen LogP) is 3.68. The average Bonchev–Trinajstić information content (AvgIpc) is 2.54. The lowest BCUT2D eigenvalue weighted by Crippen LogP contribution is -2.17. The third-order valence-electron chi connectivity index (χ3n) is 3.03. The third kappa shape index (κ3) is 23.8. The molecule has 0 aliphatic rings. The van der Waals surface area contributed by atoms with Crippen LogP contribution in [0, 0.1) is 0 Å². The minimum Gasteiger partial charge on any atom is -0.478 e. The first kappa shape index (κ1) is 24.7. The van der Waals surface area contributed by atoms with Crippen LogP contribution in [0.2, 0.25) is 0 Å². The number of rotatable bonds is 14. The number of hydrogen-bond acceptors (Lipinski definition) is 5. The lowest BCUT2D eigenvalue weighted by molar-refractivity contribution is -0.131. The molecular formula is C17H35NO4S. The molecule has 0 saturated heterocycles. The minimum absolute atomic E-state index is 0.0865. The Labute approximate surface area is 146 Å². The Balaban J connectivity index is 0. The van der Waals surface area contributed by atoms with Crippen LogP contribution in [0.5, 0.6) is 0 Å². The number of hydrogen-bond donors (Lipinski definition) is 2. The molecule has 0 amide bonds. The first-order valence-electron chi connectivity index (χ1n) is 8.35. The van der Waals surface area contributed by atoms with Crippen LogP contribution in [0.4, 0.5) is 0 Å². The third-order valence-corrected chi connectivity index (χ3v) is 4.06. The molecule has 138 valence electrons. The van der Waals surface area contributed by atoms with E-state index in [1.165, 1.54) is 38.2 Å². The lowest BCUT2D eigenvalue weighted by atomic mass is 10.1. The zero-order chi connectivity index (χ0) is 17.8. The Bertz CT molecular complexity index is 271. The topological polar surface area (TPSA) is 81.8 Å². The SMILES string of the molecule is CCCCCCCCC=CC(=O)O.COC(CSCCN)OC. The average molecular weight is 350 g/mol. The molecule has 0 unspecified atom stereocenters. The molecule has 23 heavy (non-hydrogen) atoms. The van der Waals surface area contributed by atoms with Crippen LogP contribution in [0.25, 0.3) is 0 Å². The molecule has 3 N–H and O–H groups in total. The molecule has 0 heterocycles. The molecular weight excluding hydrogens is 314 g/mol. The van der Waals surface area contributed by atoms with E-state index in [2.05, 4.69) is 6.92 Å². The summed E-state index contributed by atoms with van der Waals surface area (Å²) in [5.74, 6) is 0.971. The Morgan fingerprint density at radius 3 is 2.30 bits per heavy atom. The van der Waals surface area contributed by atoms with Gasteiger partial charge >= 0.3 is 5.97 Å². The zero-order valence-electron chi connectivity index (χ0n) is 15.0. The van der Waals surface area contributed by atoms with Gasteiger partial charge in [-0.1, -0.05) is 45.1 Å². The van der Waals surface area contributed by atoms with Crippen LogP contribution in [0.15, 0.2) is 12.2 Å². The highest BCUT2D eigenvalue weighted by molar-refractivity contribution is 7.99. The van der Waals surface area contributed by atoms with Crippen molar-refractivity contribution in [3.05, 3.63) is 12.2 Å². The summed E-state index contributed by atoms with van der Waals surface area (Å²) in [5, 5.41) is 8.30. The van der Waals surface area contributed by atoms with Crippen molar-refractivity contribution < 1.29 is 19.4 Å². The van der Waals surface area contributed by atoms with E-state index in [9.17, 15) is 4.79 Å². The second kappa shape index (κ2) is 21.4. The van der Waals surface area contributed by atoms with Crippen LogP contribution in [-0.4, -0.2) is 49.6 Å². The number of thioether (sulfide) groups is 1. The first-order chi connectivity index (χ1) is 11.1. The highest BCUT2D eigenvalue weighted by atomic mass is 32.2. The summed E-state index contributed by atoms with van der Waals surface area (Å²) < 4.78 is 9.92. The van der Waals surface area contributed by atoms with Crippen LogP contribution in [-0.2, 0) is 14.3 Å². The summed E-state index contributed by atoms with van der Waals surface area (Å²) in [4.78, 5) is 10.1. The fourth-order valence-electron chi connectivity index (χ4n) is 1.72. The summed E-state index contributed by atoms with van der Waals surface area (Å²) in [6, 6.07) is 0. The number of carboxylic acid groups (broad SMARTS) is 1. The summed E-state index contributed by atoms with van der Waals surface area (Å²) in [7, 11) is 3.27. The van der Waals surface area contributed by atoms with Gasteiger partial charge in [-0.05, 0) is 12.8 Å². The highest BCUT2D eigenvalue weighted by Crippen LogP contribution is 2.07. The van der Waals surface area contributed by atoms with E-state index in [0.29, 0.717) is 6.54 Å². The van der Waals surface area contributed by atoms with Crippen molar-refractivity contribution in [1.29, 1.82) is 0 Å². The number of aliphatic carboxylic acids is 1. The summed E-state index contributed by atoms with van der Waals surface area (Å²) in [6.07, 6.45) is 11.3. The van der Waals surface area contributed by atoms with E-state index < -0.39 is 5.97 Å². The molecule has 6 heteroatoms. The van der Waals surface area contributed by atoms with E-state index >= 15 is 0 Å². The summed E-state index contributed by atoms with van der Waals surface area (Å²) in [6.45, 7) is 2.92. The van der Waals surface area contributed by atoms with Gasteiger partial charge in [0.25, 0.3) is 0 Å². The van der Waals surface area contributed by atoms with E-state index in [4.69, 9.17) is 20.3 Å². The number of unbranched alkanes of at least 4 members (excludes halogenated alkanes) is 6. The van der Waals surface area contributed by atoms with Crippen molar-refractivity contribution >= 4 is 17.7 Å². The van der Waals surface area contributed by atoms with Crippen molar-refractivity contribution in [2.45, 2.75) is 58.2 Å².